The molecule has 1 aromatic rings. The Morgan fingerprint density at radius 1 is 1.42 bits per heavy atom. The highest BCUT2D eigenvalue weighted by atomic mass is 79.9. The second kappa shape index (κ2) is 7.53. The van der Waals surface area contributed by atoms with Gasteiger partial charge in [-0.05, 0) is 44.9 Å². The minimum absolute atomic E-state index is 0.0666. The number of nitrogens with one attached hydrogen (secondary N) is 1. The lowest BCUT2D eigenvalue weighted by Crippen LogP contribution is -2.40. The smallest absolute Gasteiger partial charge is 0.407 e. The van der Waals surface area contributed by atoms with Crippen LogP contribution >= 0.6 is 15.9 Å². The van der Waals surface area contributed by atoms with E-state index in [-0.39, 0.29) is 17.7 Å². The Bertz CT molecular complexity index is 628. The van der Waals surface area contributed by atoms with Crippen LogP contribution in [-0.4, -0.2) is 46.8 Å². The highest BCUT2D eigenvalue weighted by molar-refractivity contribution is 9.10. The number of alkyl carbamates (subject to hydrolysis) is 1. The van der Waals surface area contributed by atoms with E-state index in [0.717, 1.165) is 29.5 Å². The van der Waals surface area contributed by atoms with Crippen LogP contribution in [0.4, 0.5) is 4.79 Å². The third kappa shape index (κ3) is 5.49. The number of aromatic carboxylic acids is 1. The first-order chi connectivity index (χ1) is 11.1. The van der Waals surface area contributed by atoms with E-state index in [1.54, 1.807) is 12.1 Å². The number of carbonyl (C=O) groups excluding carboxylic acids is 1. The number of rotatable bonds is 4. The summed E-state index contributed by atoms with van der Waals surface area (Å²) in [6, 6.07) is 5.11. The Morgan fingerprint density at radius 3 is 2.71 bits per heavy atom. The first-order valence-electron chi connectivity index (χ1n) is 7.87. The average molecular weight is 399 g/mol. The summed E-state index contributed by atoms with van der Waals surface area (Å²) < 4.78 is 6.06. The second-order valence-electron chi connectivity index (χ2n) is 6.98. The molecule has 0 aromatic heterocycles. The van der Waals surface area contributed by atoms with Gasteiger partial charge in [-0.25, -0.2) is 9.59 Å². The van der Waals surface area contributed by atoms with Crippen molar-refractivity contribution in [2.45, 2.75) is 45.4 Å². The number of hydrogen-bond donors (Lipinski definition) is 2. The Balaban J connectivity index is 1.88. The standard InChI is InChI=1S/C17H23BrN2O4/c1-17(2,3)24-16(23)19-13-6-7-20(10-13)9-12-5-4-11(15(21)22)8-14(12)18/h4-5,8,13H,6-7,9-10H2,1-3H3,(H,19,23)(H,21,22). The molecule has 0 spiro atoms. The van der Waals surface area contributed by atoms with E-state index in [1.807, 2.05) is 26.8 Å². The Morgan fingerprint density at radius 2 is 2.12 bits per heavy atom. The van der Waals surface area contributed by atoms with Crippen LogP contribution in [0, 0.1) is 0 Å². The molecule has 1 aromatic carbocycles. The van der Waals surface area contributed by atoms with Crippen molar-refractivity contribution in [2.24, 2.45) is 0 Å². The van der Waals surface area contributed by atoms with Crippen molar-refractivity contribution in [2.75, 3.05) is 13.1 Å². The van der Waals surface area contributed by atoms with E-state index in [0.29, 0.717) is 6.54 Å². The molecule has 6 nitrogen and oxygen atoms in total. The van der Waals surface area contributed by atoms with Gasteiger partial charge >= 0.3 is 12.1 Å². The van der Waals surface area contributed by atoms with Crippen LogP contribution in [0.5, 0.6) is 0 Å². The SMILES string of the molecule is CC(C)(C)OC(=O)NC1CCN(Cc2ccc(C(=O)O)cc2Br)C1. The van der Waals surface area contributed by atoms with Crippen LogP contribution in [0.1, 0.15) is 43.1 Å². The zero-order valence-electron chi connectivity index (χ0n) is 14.1. The fourth-order valence-corrected chi connectivity index (χ4v) is 3.12. The van der Waals surface area contributed by atoms with Gasteiger partial charge in [-0.15, -0.1) is 0 Å². The molecule has 2 N–H and O–H groups in total. The van der Waals surface area contributed by atoms with Gasteiger partial charge in [0.25, 0.3) is 0 Å². The van der Waals surface area contributed by atoms with Crippen LogP contribution in [-0.2, 0) is 11.3 Å². The summed E-state index contributed by atoms with van der Waals surface area (Å²) in [5, 5.41) is 11.9. The van der Waals surface area contributed by atoms with Crippen LogP contribution in [0.15, 0.2) is 22.7 Å². The van der Waals surface area contributed by atoms with Gasteiger partial charge < -0.3 is 15.2 Å². The van der Waals surface area contributed by atoms with E-state index in [1.165, 1.54) is 0 Å². The third-order valence-corrected chi connectivity index (χ3v) is 4.43. The Kier molecular flexibility index (Phi) is 5.87. The zero-order valence-corrected chi connectivity index (χ0v) is 15.7. The summed E-state index contributed by atoms with van der Waals surface area (Å²) in [5.41, 5.74) is 0.786. The van der Waals surface area contributed by atoms with Crippen molar-refractivity contribution in [3.8, 4) is 0 Å². The monoisotopic (exact) mass is 398 g/mol. The molecule has 1 unspecified atom stereocenters. The molecule has 24 heavy (non-hydrogen) atoms. The molecule has 1 atom stereocenters. The number of ether oxygens (including phenoxy) is 1. The average Bonchev–Trinajstić information content (AvgIpc) is 2.85. The molecular weight excluding hydrogens is 376 g/mol. The van der Waals surface area contributed by atoms with Crippen LogP contribution in [0.25, 0.3) is 0 Å². The first kappa shape index (κ1) is 18.7. The number of benzene rings is 1. The molecule has 1 heterocycles. The molecule has 2 rings (SSSR count). The summed E-state index contributed by atoms with van der Waals surface area (Å²) >= 11 is 3.43. The minimum Gasteiger partial charge on any atom is -0.478 e. The number of nitrogens with zero attached hydrogens (tertiary/aromatic N) is 1. The molecule has 7 heteroatoms. The van der Waals surface area contributed by atoms with Crippen molar-refractivity contribution >= 4 is 28.0 Å². The summed E-state index contributed by atoms with van der Waals surface area (Å²) in [6.45, 7) is 7.83. The lowest BCUT2D eigenvalue weighted by Gasteiger charge is -2.22. The van der Waals surface area contributed by atoms with Gasteiger partial charge in [-0.3, -0.25) is 4.90 Å². The largest absolute Gasteiger partial charge is 0.478 e. The molecule has 1 saturated heterocycles. The van der Waals surface area contributed by atoms with Crippen molar-refractivity contribution < 1.29 is 19.4 Å². The fourth-order valence-electron chi connectivity index (χ4n) is 2.62. The molecule has 0 radical (unpaired) electrons. The maximum Gasteiger partial charge on any atom is 0.407 e. The number of halogens is 1. The molecule has 1 aliphatic heterocycles. The highest BCUT2D eigenvalue weighted by Gasteiger charge is 2.26. The molecule has 132 valence electrons. The van der Waals surface area contributed by atoms with Gasteiger partial charge in [-0.2, -0.15) is 0 Å². The number of hydrogen-bond acceptors (Lipinski definition) is 4. The van der Waals surface area contributed by atoms with Gasteiger partial charge in [0.15, 0.2) is 0 Å². The van der Waals surface area contributed by atoms with Gasteiger partial charge in [0, 0.05) is 30.1 Å². The summed E-state index contributed by atoms with van der Waals surface area (Å²) in [4.78, 5) is 25.0. The molecule has 0 saturated carbocycles. The van der Waals surface area contributed by atoms with Gasteiger partial charge in [-0.1, -0.05) is 22.0 Å². The molecule has 1 aliphatic rings. The predicted octanol–water partition coefficient (Wildman–Crippen LogP) is 3.25. The zero-order chi connectivity index (χ0) is 17.9. The molecule has 1 amide bonds. The molecule has 0 bridgehead atoms. The topological polar surface area (TPSA) is 78.9 Å². The van der Waals surface area contributed by atoms with Crippen LogP contribution < -0.4 is 5.32 Å². The summed E-state index contributed by atoms with van der Waals surface area (Å²) in [6.07, 6.45) is 0.478. The first-order valence-corrected chi connectivity index (χ1v) is 8.67. The van der Waals surface area contributed by atoms with Crippen molar-refractivity contribution in [1.29, 1.82) is 0 Å². The predicted molar refractivity (Wildman–Crippen MR) is 94.2 cm³/mol. The number of carbonyl (C=O) groups is 2. The Labute approximate surface area is 150 Å². The Hall–Kier alpha value is -1.60. The second-order valence-corrected chi connectivity index (χ2v) is 7.83. The third-order valence-electron chi connectivity index (χ3n) is 3.69. The normalized spacial score (nSPS) is 18.4. The number of amides is 1. The molecule has 0 aliphatic carbocycles. The van der Waals surface area contributed by atoms with Gasteiger partial charge in [0.05, 0.1) is 5.56 Å². The highest BCUT2D eigenvalue weighted by Crippen LogP contribution is 2.22. The van der Waals surface area contributed by atoms with E-state index in [9.17, 15) is 9.59 Å². The quantitative estimate of drug-likeness (QED) is 0.813. The van der Waals surface area contributed by atoms with E-state index < -0.39 is 11.6 Å². The number of likely N-dealkylation sites (tertiary alicyclic amines) is 1. The maximum atomic E-state index is 11.8. The van der Waals surface area contributed by atoms with Gasteiger partial charge in [0.1, 0.15) is 5.60 Å². The van der Waals surface area contributed by atoms with E-state index in [2.05, 4.69) is 26.1 Å². The fraction of sp³-hybridized carbons (Fsp3) is 0.529. The van der Waals surface area contributed by atoms with Crippen molar-refractivity contribution in [1.82, 2.24) is 10.2 Å². The summed E-state index contributed by atoms with van der Waals surface area (Å²) in [7, 11) is 0. The van der Waals surface area contributed by atoms with Crippen LogP contribution in [0.2, 0.25) is 0 Å². The number of carboxylic acids is 1. The van der Waals surface area contributed by atoms with Gasteiger partial charge in [0.2, 0.25) is 0 Å². The van der Waals surface area contributed by atoms with E-state index in [4.69, 9.17) is 9.84 Å². The number of carboxylic acid groups (broad SMARTS) is 1. The lowest BCUT2D eigenvalue weighted by atomic mass is 10.1. The maximum absolute atomic E-state index is 11.8. The minimum atomic E-state index is -0.940. The molecular formula is C17H23BrN2O4. The van der Waals surface area contributed by atoms with Crippen molar-refractivity contribution in [3.63, 3.8) is 0 Å². The van der Waals surface area contributed by atoms with E-state index >= 15 is 0 Å². The van der Waals surface area contributed by atoms with Crippen LogP contribution in [0.3, 0.4) is 0 Å². The van der Waals surface area contributed by atoms with Crippen molar-refractivity contribution in [3.05, 3.63) is 33.8 Å². The lowest BCUT2D eigenvalue weighted by molar-refractivity contribution is 0.0505. The summed E-state index contributed by atoms with van der Waals surface area (Å²) in [5.74, 6) is -0.940. The molecule has 1 fully saturated rings.